The first kappa shape index (κ1) is 16.6. The minimum Gasteiger partial charge on any atom is -0.337 e. The molecule has 0 aliphatic carbocycles. The molecule has 0 bridgehead atoms. The molecule has 1 saturated heterocycles. The van der Waals surface area contributed by atoms with Gasteiger partial charge in [-0.05, 0) is 38.1 Å². The Hall–Kier alpha value is -1.89. The number of nitrogens with one attached hydrogen (secondary N) is 3. The second-order valence-corrected chi connectivity index (χ2v) is 7.08. The molecule has 1 aliphatic heterocycles. The van der Waals surface area contributed by atoms with Crippen LogP contribution in [0.1, 0.15) is 30.1 Å². The monoisotopic (exact) mass is 376 g/mol. The van der Waals surface area contributed by atoms with E-state index in [1.54, 1.807) is 6.33 Å². The lowest BCUT2D eigenvalue weighted by molar-refractivity contribution is 0.448. The predicted octanol–water partition coefficient (Wildman–Crippen LogP) is 3.06. The summed E-state index contributed by atoms with van der Waals surface area (Å²) < 4.78 is 1.89. The average molecular weight is 377 g/mol. The summed E-state index contributed by atoms with van der Waals surface area (Å²) in [5, 5.41) is 12.7. The number of piperidine rings is 1. The molecule has 3 aromatic rings. The van der Waals surface area contributed by atoms with Crippen molar-refractivity contribution in [1.29, 1.82) is 5.41 Å². The maximum absolute atomic E-state index is 8.09. The molecular weight excluding hydrogens is 359 g/mol. The number of halogens is 2. The van der Waals surface area contributed by atoms with Crippen LogP contribution in [0.5, 0.6) is 0 Å². The molecule has 1 aromatic carbocycles. The fraction of sp³-hybridized carbons (Fsp3) is 0.353. The van der Waals surface area contributed by atoms with Gasteiger partial charge < -0.3 is 14.9 Å². The second-order valence-electron chi connectivity index (χ2n) is 6.27. The lowest BCUT2D eigenvalue weighted by Crippen LogP contribution is -2.27. The number of rotatable bonds is 3. The Morgan fingerprint density at radius 2 is 1.92 bits per heavy atom. The Labute approximate surface area is 154 Å². The summed E-state index contributed by atoms with van der Waals surface area (Å²) in [7, 11) is 0. The number of hydrogen-bond donors (Lipinski definition) is 3. The van der Waals surface area contributed by atoms with Gasteiger partial charge in [0.05, 0.1) is 12.9 Å². The van der Waals surface area contributed by atoms with E-state index in [1.165, 1.54) is 0 Å². The van der Waals surface area contributed by atoms with E-state index in [2.05, 4.69) is 15.3 Å². The highest BCUT2D eigenvalue weighted by Gasteiger charge is 2.20. The number of H-pyrrole nitrogens is 1. The summed E-state index contributed by atoms with van der Waals surface area (Å²) in [4.78, 5) is 12.3. The summed E-state index contributed by atoms with van der Waals surface area (Å²) in [6.45, 7) is 2.44. The zero-order valence-electron chi connectivity index (χ0n) is 13.5. The number of fused-ring (bicyclic) bond motifs is 1. The third-order valence-electron chi connectivity index (χ3n) is 4.65. The van der Waals surface area contributed by atoms with Gasteiger partial charge in [0.15, 0.2) is 11.1 Å². The number of aromatic amines is 1. The van der Waals surface area contributed by atoms with Crippen LogP contribution in [0.3, 0.4) is 0 Å². The third kappa shape index (κ3) is 3.17. The van der Waals surface area contributed by atoms with Crippen LogP contribution in [0, 0.1) is 5.41 Å². The molecule has 0 radical (unpaired) electrons. The molecule has 0 amide bonds. The van der Waals surface area contributed by atoms with E-state index in [9.17, 15) is 0 Å². The molecule has 3 N–H and O–H groups in total. The van der Waals surface area contributed by atoms with Crippen molar-refractivity contribution in [1.82, 2.24) is 24.8 Å². The van der Waals surface area contributed by atoms with Crippen LogP contribution in [0.25, 0.3) is 11.2 Å². The maximum Gasteiger partial charge on any atom is 0.173 e. The van der Waals surface area contributed by atoms with E-state index >= 15 is 0 Å². The van der Waals surface area contributed by atoms with Gasteiger partial charge in [-0.2, -0.15) is 0 Å². The Kier molecular flexibility index (Phi) is 4.50. The quantitative estimate of drug-likeness (QED) is 0.656. The molecule has 25 heavy (non-hydrogen) atoms. The van der Waals surface area contributed by atoms with Gasteiger partial charge >= 0.3 is 0 Å². The molecule has 8 heteroatoms. The Morgan fingerprint density at radius 1 is 1.20 bits per heavy atom. The fourth-order valence-electron chi connectivity index (χ4n) is 3.26. The van der Waals surface area contributed by atoms with Crippen LogP contribution in [-0.2, 0) is 6.54 Å². The zero-order chi connectivity index (χ0) is 17.4. The van der Waals surface area contributed by atoms with Crippen molar-refractivity contribution < 1.29 is 0 Å². The Morgan fingerprint density at radius 3 is 2.64 bits per heavy atom. The summed E-state index contributed by atoms with van der Waals surface area (Å²) in [6, 6.07) is 5.46. The highest BCUT2D eigenvalue weighted by Crippen LogP contribution is 2.27. The molecular formula is C17H18Cl2N6. The number of aromatic nitrogens is 4. The van der Waals surface area contributed by atoms with Crippen molar-refractivity contribution in [3.05, 3.63) is 51.4 Å². The van der Waals surface area contributed by atoms with E-state index < -0.39 is 0 Å². The molecule has 0 spiro atoms. The van der Waals surface area contributed by atoms with Gasteiger partial charge in [-0.25, -0.2) is 9.97 Å². The lowest BCUT2D eigenvalue weighted by atomic mass is 9.98. The van der Waals surface area contributed by atoms with Gasteiger partial charge in [0.25, 0.3) is 0 Å². The number of benzene rings is 1. The van der Waals surface area contributed by atoms with Crippen LogP contribution < -0.4 is 10.8 Å². The number of nitrogens with zero attached hydrogens (tertiary/aromatic N) is 3. The van der Waals surface area contributed by atoms with E-state index in [4.69, 9.17) is 33.6 Å². The van der Waals surface area contributed by atoms with Crippen LogP contribution >= 0.6 is 23.2 Å². The molecule has 1 aliphatic rings. The smallest absolute Gasteiger partial charge is 0.173 e. The normalized spacial score (nSPS) is 15.8. The highest BCUT2D eigenvalue weighted by molar-refractivity contribution is 6.35. The van der Waals surface area contributed by atoms with Gasteiger partial charge in [0.2, 0.25) is 0 Å². The maximum atomic E-state index is 8.09. The lowest BCUT2D eigenvalue weighted by Gasteiger charge is -2.20. The average Bonchev–Trinajstić information content (AvgIpc) is 3.07. The molecule has 3 heterocycles. The Bertz CT molecular complexity index is 951. The summed E-state index contributed by atoms with van der Waals surface area (Å²) >= 11 is 12.6. The van der Waals surface area contributed by atoms with Crippen molar-refractivity contribution >= 4 is 34.4 Å². The first-order chi connectivity index (χ1) is 12.1. The van der Waals surface area contributed by atoms with Crippen LogP contribution in [0.15, 0.2) is 24.5 Å². The minimum atomic E-state index is 0.198. The molecule has 0 atom stereocenters. The highest BCUT2D eigenvalue weighted by atomic mass is 35.5. The van der Waals surface area contributed by atoms with Gasteiger partial charge in [-0.15, -0.1) is 0 Å². The second kappa shape index (κ2) is 6.78. The van der Waals surface area contributed by atoms with Gasteiger partial charge in [0, 0.05) is 21.5 Å². The largest absolute Gasteiger partial charge is 0.337 e. The van der Waals surface area contributed by atoms with Crippen LogP contribution in [0.4, 0.5) is 0 Å². The molecule has 2 aromatic heterocycles. The topological polar surface area (TPSA) is 82.4 Å². The van der Waals surface area contributed by atoms with Crippen LogP contribution in [-0.4, -0.2) is 32.6 Å². The van der Waals surface area contributed by atoms with Gasteiger partial charge in [0.1, 0.15) is 11.3 Å². The van der Waals surface area contributed by atoms with E-state index in [-0.39, 0.29) is 5.49 Å². The van der Waals surface area contributed by atoms with Crippen molar-refractivity contribution in [2.75, 3.05) is 13.1 Å². The van der Waals surface area contributed by atoms with E-state index in [0.717, 1.165) is 37.3 Å². The van der Waals surface area contributed by atoms with E-state index in [1.807, 2.05) is 22.8 Å². The Balaban J connectivity index is 1.78. The van der Waals surface area contributed by atoms with E-state index in [0.29, 0.717) is 33.7 Å². The van der Waals surface area contributed by atoms with Crippen LogP contribution in [0.2, 0.25) is 10.0 Å². The SMILES string of the molecule is N=c1ncn(Cc2c(Cl)cccc2Cl)c2nc(C3CCNCC3)[nH]c12. The summed E-state index contributed by atoms with van der Waals surface area (Å²) in [5.74, 6) is 1.31. The zero-order valence-corrected chi connectivity index (χ0v) is 15.0. The molecule has 0 saturated carbocycles. The molecule has 130 valence electrons. The molecule has 4 rings (SSSR count). The van der Waals surface area contributed by atoms with Crippen molar-refractivity contribution in [3.8, 4) is 0 Å². The fourth-order valence-corrected chi connectivity index (χ4v) is 3.78. The predicted molar refractivity (Wildman–Crippen MR) is 98.1 cm³/mol. The molecule has 1 fully saturated rings. The molecule has 6 nitrogen and oxygen atoms in total. The third-order valence-corrected chi connectivity index (χ3v) is 5.36. The molecule has 0 unspecified atom stereocenters. The van der Waals surface area contributed by atoms with Crippen molar-refractivity contribution in [2.24, 2.45) is 0 Å². The number of hydrogen-bond acceptors (Lipinski definition) is 4. The van der Waals surface area contributed by atoms with Gasteiger partial charge in [-0.3, -0.25) is 5.41 Å². The number of imidazole rings is 1. The first-order valence-electron chi connectivity index (χ1n) is 8.26. The summed E-state index contributed by atoms with van der Waals surface area (Å²) in [6.07, 6.45) is 3.70. The van der Waals surface area contributed by atoms with Crippen molar-refractivity contribution in [3.63, 3.8) is 0 Å². The minimum absolute atomic E-state index is 0.198. The van der Waals surface area contributed by atoms with Gasteiger partial charge in [-0.1, -0.05) is 29.3 Å². The summed E-state index contributed by atoms with van der Waals surface area (Å²) in [5.41, 5.74) is 2.39. The standard InChI is InChI=1S/C17H18Cl2N6/c18-12-2-1-3-13(19)11(12)8-25-9-22-15(20)14-17(25)24-16(23-14)10-4-6-21-7-5-10/h1-3,9-10,20-21H,4-8H2,(H,23,24). The van der Waals surface area contributed by atoms with Crippen molar-refractivity contribution in [2.45, 2.75) is 25.3 Å². The first-order valence-corrected chi connectivity index (χ1v) is 9.02.